The average Bonchev–Trinajstić information content (AvgIpc) is 2.95. The summed E-state index contributed by atoms with van der Waals surface area (Å²) in [5.74, 6) is 0.929. The van der Waals surface area contributed by atoms with Gasteiger partial charge in [0, 0.05) is 31.5 Å². The van der Waals surface area contributed by atoms with Crippen molar-refractivity contribution in [2.24, 2.45) is 4.99 Å². The van der Waals surface area contributed by atoms with Crippen LogP contribution in [-0.4, -0.2) is 37.7 Å². The maximum absolute atomic E-state index is 13.0. The number of ether oxygens (including phenoxy) is 1. The van der Waals surface area contributed by atoms with E-state index in [1.54, 1.807) is 30.5 Å². The SMILES string of the molecule is CN=C(NCCOc1cccc(F)c1)NCCc1csc(C)n1.I. The van der Waals surface area contributed by atoms with Crippen LogP contribution in [0, 0.1) is 12.7 Å². The maximum atomic E-state index is 13.0. The van der Waals surface area contributed by atoms with Gasteiger partial charge in [0.2, 0.25) is 0 Å². The van der Waals surface area contributed by atoms with Crippen LogP contribution in [0.4, 0.5) is 4.39 Å². The Morgan fingerprint density at radius 3 is 2.79 bits per heavy atom. The first-order valence-corrected chi connectivity index (χ1v) is 8.29. The summed E-state index contributed by atoms with van der Waals surface area (Å²) in [7, 11) is 1.72. The summed E-state index contributed by atoms with van der Waals surface area (Å²) in [6, 6.07) is 6.11. The van der Waals surface area contributed by atoms with Crippen molar-refractivity contribution in [3.63, 3.8) is 0 Å². The minimum absolute atomic E-state index is 0. The molecular weight excluding hydrogens is 442 g/mol. The van der Waals surface area contributed by atoms with Gasteiger partial charge in [-0.25, -0.2) is 9.37 Å². The first-order chi connectivity index (χ1) is 11.2. The number of hydrogen-bond donors (Lipinski definition) is 2. The summed E-state index contributed by atoms with van der Waals surface area (Å²) >= 11 is 1.66. The summed E-state index contributed by atoms with van der Waals surface area (Å²) in [5.41, 5.74) is 1.09. The molecule has 2 rings (SSSR count). The highest BCUT2D eigenvalue weighted by Gasteiger charge is 2.01. The van der Waals surface area contributed by atoms with Crippen LogP contribution in [-0.2, 0) is 6.42 Å². The average molecular weight is 464 g/mol. The fourth-order valence-corrected chi connectivity index (χ4v) is 2.59. The smallest absolute Gasteiger partial charge is 0.191 e. The minimum atomic E-state index is -0.301. The van der Waals surface area contributed by atoms with Gasteiger partial charge in [0.1, 0.15) is 18.2 Å². The third-order valence-electron chi connectivity index (χ3n) is 3.02. The van der Waals surface area contributed by atoms with Gasteiger partial charge in [-0.05, 0) is 19.1 Å². The van der Waals surface area contributed by atoms with Crippen molar-refractivity contribution >= 4 is 41.3 Å². The second-order valence-corrected chi connectivity index (χ2v) is 5.90. The summed E-state index contributed by atoms with van der Waals surface area (Å²) in [5, 5.41) is 9.52. The lowest BCUT2D eigenvalue weighted by atomic mass is 10.3. The first-order valence-electron chi connectivity index (χ1n) is 7.41. The lowest BCUT2D eigenvalue weighted by molar-refractivity contribution is 0.320. The third kappa shape index (κ3) is 7.43. The molecule has 1 heterocycles. The number of aryl methyl sites for hydroxylation is 1. The predicted octanol–water partition coefficient (Wildman–Crippen LogP) is 3.00. The molecule has 0 spiro atoms. The Labute approximate surface area is 162 Å². The van der Waals surface area contributed by atoms with Crippen LogP contribution < -0.4 is 15.4 Å². The third-order valence-corrected chi connectivity index (χ3v) is 3.85. The highest BCUT2D eigenvalue weighted by Crippen LogP contribution is 2.11. The van der Waals surface area contributed by atoms with Gasteiger partial charge >= 0.3 is 0 Å². The predicted molar refractivity (Wildman–Crippen MR) is 107 cm³/mol. The van der Waals surface area contributed by atoms with Crippen LogP contribution in [0.5, 0.6) is 5.75 Å². The standard InChI is InChI=1S/C16H21FN4OS.HI/c1-12-21-14(11-23-12)6-7-19-16(18-2)20-8-9-22-15-5-3-4-13(17)10-15;/h3-5,10-11H,6-9H2,1-2H3,(H2,18,19,20);1H. The number of aromatic nitrogens is 1. The Morgan fingerprint density at radius 1 is 1.33 bits per heavy atom. The summed E-state index contributed by atoms with van der Waals surface area (Å²) in [6.07, 6.45) is 0.852. The molecule has 1 aromatic heterocycles. The van der Waals surface area contributed by atoms with Crippen LogP contribution in [0.3, 0.4) is 0 Å². The van der Waals surface area contributed by atoms with Gasteiger partial charge in [-0.2, -0.15) is 0 Å². The van der Waals surface area contributed by atoms with E-state index in [9.17, 15) is 4.39 Å². The molecule has 0 aliphatic rings. The van der Waals surface area contributed by atoms with Gasteiger partial charge in [-0.1, -0.05) is 6.07 Å². The molecular formula is C16H22FIN4OS. The van der Waals surface area contributed by atoms with E-state index in [4.69, 9.17) is 4.74 Å². The summed E-state index contributed by atoms with van der Waals surface area (Å²) in [4.78, 5) is 8.56. The molecule has 8 heteroatoms. The zero-order valence-electron chi connectivity index (χ0n) is 13.7. The highest BCUT2D eigenvalue weighted by atomic mass is 127. The minimum Gasteiger partial charge on any atom is -0.492 e. The molecule has 2 N–H and O–H groups in total. The van der Waals surface area contributed by atoms with E-state index in [-0.39, 0.29) is 29.8 Å². The fraction of sp³-hybridized carbons (Fsp3) is 0.375. The van der Waals surface area contributed by atoms with Gasteiger partial charge in [0.05, 0.1) is 17.2 Å². The van der Waals surface area contributed by atoms with Crippen molar-refractivity contribution in [2.45, 2.75) is 13.3 Å². The van der Waals surface area contributed by atoms with Gasteiger partial charge in [-0.3, -0.25) is 4.99 Å². The van der Waals surface area contributed by atoms with E-state index >= 15 is 0 Å². The molecule has 0 saturated heterocycles. The van der Waals surface area contributed by atoms with Crippen LogP contribution >= 0.6 is 35.3 Å². The highest BCUT2D eigenvalue weighted by molar-refractivity contribution is 14.0. The van der Waals surface area contributed by atoms with Crippen molar-refractivity contribution < 1.29 is 9.13 Å². The number of nitrogens with zero attached hydrogens (tertiary/aromatic N) is 2. The Kier molecular flexibility index (Phi) is 9.62. The van der Waals surface area contributed by atoms with Gasteiger partial charge in [0.15, 0.2) is 5.96 Å². The zero-order chi connectivity index (χ0) is 16.5. The Bertz CT molecular complexity index is 651. The molecule has 2 aromatic rings. The number of benzene rings is 1. The quantitative estimate of drug-likeness (QED) is 0.286. The first kappa shape index (κ1) is 20.6. The molecule has 24 heavy (non-hydrogen) atoms. The molecule has 5 nitrogen and oxygen atoms in total. The normalized spacial score (nSPS) is 10.9. The van der Waals surface area contributed by atoms with E-state index < -0.39 is 0 Å². The molecule has 0 fully saturated rings. The monoisotopic (exact) mass is 464 g/mol. The number of hydrogen-bond acceptors (Lipinski definition) is 4. The number of thiazole rings is 1. The van der Waals surface area contributed by atoms with Crippen LogP contribution in [0.2, 0.25) is 0 Å². The lowest BCUT2D eigenvalue weighted by Gasteiger charge is -2.12. The van der Waals surface area contributed by atoms with Crippen LogP contribution in [0.15, 0.2) is 34.6 Å². The van der Waals surface area contributed by atoms with Gasteiger partial charge in [-0.15, -0.1) is 35.3 Å². The molecule has 0 amide bonds. The molecule has 0 saturated carbocycles. The summed E-state index contributed by atoms with van der Waals surface area (Å²) < 4.78 is 18.5. The van der Waals surface area contributed by atoms with Gasteiger partial charge < -0.3 is 15.4 Å². The zero-order valence-corrected chi connectivity index (χ0v) is 16.9. The van der Waals surface area contributed by atoms with Gasteiger partial charge in [0.25, 0.3) is 0 Å². The van der Waals surface area contributed by atoms with Crippen molar-refractivity contribution in [1.82, 2.24) is 15.6 Å². The number of rotatable bonds is 7. The molecule has 0 unspecified atom stereocenters. The second kappa shape index (κ2) is 11.2. The van der Waals surface area contributed by atoms with Crippen molar-refractivity contribution in [2.75, 3.05) is 26.7 Å². The van der Waals surface area contributed by atoms with Crippen LogP contribution in [0.1, 0.15) is 10.7 Å². The Balaban J connectivity index is 0.00000288. The van der Waals surface area contributed by atoms with Crippen LogP contribution in [0.25, 0.3) is 0 Å². The Hall–Kier alpha value is -1.42. The van der Waals surface area contributed by atoms with Crippen molar-refractivity contribution in [3.05, 3.63) is 46.2 Å². The van der Waals surface area contributed by atoms with E-state index in [0.29, 0.717) is 24.9 Å². The second-order valence-electron chi connectivity index (χ2n) is 4.84. The van der Waals surface area contributed by atoms with E-state index in [1.165, 1.54) is 12.1 Å². The maximum Gasteiger partial charge on any atom is 0.191 e. The topological polar surface area (TPSA) is 58.5 Å². The number of halogens is 2. The molecule has 0 aliphatic heterocycles. The molecule has 1 aromatic carbocycles. The largest absolute Gasteiger partial charge is 0.492 e. The number of guanidine groups is 1. The fourth-order valence-electron chi connectivity index (χ4n) is 1.95. The molecule has 0 bridgehead atoms. The van der Waals surface area contributed by atoms with Crippen molar-refractivity contribution in [3.8, 4) is 5.75 Å². The lowest BCUT2D eigenvalue weighted by Crippen LogP contribution is -2.40. The van der Waals surface area contributed by atoms with E-state index in [2.05, 4.69) is 26.0 Å². The van der Waals surface area contributed by atoms with E-state index in [0.717, 1.165) is 23.7 Å². The van der Waals surface area contributed by atoms with E-state index in [1.807, 2.05) is 6.92 Å². The summed E-state index contributed by atoms with van der Waals surface area (Å²) in [6.45, 7) is 3.76. The number of aliphatic imine (C=N–C) groups is 1. The molecule has 0 aliphatic carbocycles. The Morgan fingerprint density at radius 2 is 2.12 bits per heavy atom. The molecule has 0 atom stereocenters. The van der Waals surface area contributed by atoms with Crippen molar-refractivity contribution in [1.29, 1.82) is 0 Å². The molecule has 132 valence electrons. The molecule has 0 radical (unpaired) electrons. The number of nitrogens with one attached hydrogen (secondary N) is 2.